The topological polar surface area (TPSA) is 95.7 Å². The second-order valence-corrected chi connectivity index (χ2v) is 9.34. The van der Waals surface area contributed by atoms with E-state index in [4.69, 9.17) is 5.10 Å². The van der Waals surface area contributed by atoms with E-state index in [0.29, 0.717) is 5.69 Å². The second-order valence-electron chi connectivity index (χ2n) is 8.27. The Labute approximate surface area is 206 Å². The van der Waals surface area contributed by atoms with Crippen LogP contribution in [0, 0.1) is 0 Å². The van der Waals surface area contributed by atoms with E-state index in [0.717, 1.165) is 22.4 Å². The number of aromatic nitrogens is 2. The lowest BCUT2D eigenvalue weighted by Crippen LogP contribution is -2.45. The third kappa shape index (κ3) is 4.65. The normalized spacial score (nSPS) is 16.4. The summed E-state index contributed by atoms with van der Waals surface area (Å²) >= 11 is 1.41. The minimum atomic E-state index is -1.07. The average Bonchev–Trinajstić information content (AvgIpc) is 3.48. The van der Waals surface area contributed by atoms with Crippen molar-refractivity contribution < 1.29 is 19.8 Å². The fourth-order valence-corrected chi connectivity index (χ4v) is 5.50. The summed E-state index contributed by atoms with van der Waals surface area (Å²) in [6, 6.07) is 24.7. The summed E-state index contributed by atoms with van der Waals surface area (Å²) in [6.07, 6.45) is 2.02. The van der Waals surface area contributed by atoms with Gasteiger partial charge in [-0.15, -0.1) is 11.8 Å². The van der Waals surface area contributed by atoms with Crippen molar-refractivity contribution in [3.05, 3.63) is 102 Å². The number of amides is 1. The molecular formula is C27H23N3O4S. The maximum atomic E-state index is 13.0. The Morgan fingerprint density at radius 2 is 1.66 bits per heavy atom. The molecule has 1 aliphatic heterocycles. The molecule has 1 amide bonds. The van der Waals surface area contributed by atoms with Gasteiger partial charge in [0.1, 0.15) is 17.2 Å². The van der Waals surface area contributed by atoms with Crippen molar-refractivity contribution in [1.82, 2.24) is 14.7 Å². The summed E-state index contributed by atoms with van der Waals surface area (Å²) in [5.41, 5.74) is 3.98. The Bertz CT molecular complexity index is 1340. The van der Waals surface area contributed by atoms with Crippen LogP contribution in [0.5, 0.6) is 5.75 Å². The number of thioether (sulfide) groups is 1. The fraction of sp³-hybridized carbons (Fsp3) is 0.148. The molecule has 5 rings (SSSR count). The Morgan fingerprint density at radius 3 is 2.31 bits per heavy atom. The molecule has 2 atom stereocenters. The molecule has 1 saturated heterocycles. The lowest BCUT2D eigenvalue weighted by molar-refractivity contribution is -0.149. The summed E-state index contributed by atoms with van der Waals surface area (Å²) < 4.78 is 1.77. The maximum Gasteiger partial charge on any atom is 0.326 e. The van der Waals surface area contributed by atoms with Crippen LogP contribution >= 0.6 is 11.8 Å². The first-order valence-electron chi connectivity index (χ1n) is 11.1. The molecule has 1 aromatic heterocycles. The van der Waals surface area contributed by atoms with Crippen LogP contribution < -0.4 is 0 Å². The number of carbonyl (C=O) groups is 2. The van der Waals surface area contributed by atoms with Crippen LogP contribution in [0.1, 0.15) is 16.5 Å². The standard InChI is InChI=1S/C27H23N3O4S/c31-21-13-11-18(12-14-21)15-23(27(33)34)30-24(32)17-35-26(30)22-16-29(20-9-5-2-6-10-20)28-25(22)19-7-3-1-4-8-19/h1-14,16,23,26,31H,15,17H2,(H,33,34). The lowest BCUT2D eigenvalue weighted by Gasteiger charge is -2.30. The number of hydrogen-bond acceptors (Lipinski definition) is 5. The molecule has 2 heterocycles. The summed E-state index contributed by atoms with van der Waals surface area (Å²) in [5.74, 6) is -1.00. The number of para-hydroxylation sites is 1. The molecule has 3 aromatic carbocycles. The first-order valence-corrected chi connectivity index (χ1v) is 12.2. The average molecular weight is 486 g/mol. The molecule has 0 radical (unpaired) electrons. The molecule has 0 bridgehead atoms. The molecule has 176 valence electrons. The number of carboxylic acids is 1. The Hall–Kier alpha value is -4.04. The summed E-state index contributed by atoms with van der Waals surface area (Å²) in [4.78, 5) is 26.9. The van der Waals surface area contributed by atoms with Gasteiger partial charge in [0, 0.05) is 23.7 Å². The Morgan fingerprint density at radius 1 is 1.00 bits per heavy atom. The van der Waals surface area contributed by atoms with Gasteiger partial charge in [0.15, 0.2) is 0 Å². The van der Waals surface area contributed by atoms with Crippen molar-refractivity contribution >= 4 is 23.6 Å². The van der Waals surface area contributed by atoms with Crippen molar-refractivity contribution in [2.75, 3.05) is 5.75 Å². The van der Waals surface area contributed by atoms with E-state index >= 15 is 0 Å². The van der Waals surface area contributed by atoms with Gasteiger partial charge in [-0.3, -0.25) is 4.79 Å². The molecular weight excluding hydrogens is 462 g/mol. The number of aromatic hydroxyl groups is 1. The summed E-state index contributed by atoms with van der Waals surface area (Å²) in [7, 11) is 0. The first kappa shape index (κ1) is 22.7. The van der Waals surface area contributed by atoms with E-state index in [1.54, 1.807) is 16.8 Å². The highest BCUT2D eigenvalue weighted by atomic mass is 32.2. The van der Waals surface area contributed by atoms with Crippen molar-refractivity contribution in [3.8, 4) is 22.7 Å². The van der Waals surface area contributed by atoms with Crippen molar-refractivity contribution in [1.29, 1.82) is 0 Å². The van der Waals surface area contributed by atoms with Gasteiger partial charge in [-0.1, -0.05) is 60.7 Å². The predicted octanol–water partition coefficient (Wildman–Crippen LogP) is 4.51. The van der Waals surface area contributed by atoms with Crippen molar-refractivity contribution in [3.63, 3.8) is 0 Å². The van der Waals surface area contributed by atoms with E-state index in [-0.39, 0.29) is 23.8 Å². The van der Waals surface area contributed by atoms with E-state index in [2.05, 4.69) is 0 Å². The number of nitrogens with zero attached hydrogens (tertiary/aromatic N) is 3. The Balaban J connectivity index is 1.58. The Kier molecular flexibility index (Phi) is 6.29. The van der Waals surface area contributed by atoms with E-state index < -0.39 is 17.4 Å². The third-order valence-corrected chi connectivity index (χ3v) is 7.18. The highest BCUT2D eigenvalue weighted by molar-refractivity contribution is 8.00. The molecule has 1 fully saturated rings. The molecule has 0 aliphatic carbocycles. The van der Waals surface area contributed by atoms with Crippen LogP contribution in [0.2, 0.25) is 0 Å². The van der Waals surface area contributed by atoms with Gasteiger partial charge in [0.25, 0.3) is 0 Å². The van der Waals surface area contributed by atoms with Gasteiger partial charge in [0.05, 0.1) is 17.1 Å². The smallest absolute Gasteiger partial charge is 0.326 e. The monoisotopic (exact) mass is 485 g/mol. The number of rotatable bonds is 7. The van der Waals surface area contributed by atoms with E-state index in [1.165, 1.54) is 28.8 Å². The van der Waals surface area contributed by atoms with Gasteiger partial charge in [-0.05, 0) is 29.8 Å². The van der Waals surface area contributed by atoms with Crippen LogP contribution in [0.3, 0.4) is 0 Å². The highest BCUT2D eigenvalue weighted by Gasteiger charge is 2.42. The highest BCUT2D eigenvalue weighted by Crippen LogP contribution is 2.44. The molecule has 0 saturated carbocycles. The third-order valence-electron chi connectivity index (χ3n) is 5.97. The number of carboxylic acid groups (broad SMARTS) is 1. The predicted molar refractivity (Wildman–Crippen MR) is 134 cm³/mol. The van der Waals surface area contributed by atoms with Gasteiger partial charge < -0.3 is 15.1 Å². The second kappa shape index (κ2) is 9.68. The van der Waals surface area contributed by atoms with E-state index in [9.17, 15) is 19.8 Å². The number of hydrogen-bond donors (Lipinski definition) is 2. The van der Waals surface area contributed by atoms with Crippen LogP contribution in [-0.4, -0.2) is 48.6 Å². The molecule has 2 unspecified atom stereocenters. The molecule has 1 aliphatic rings. The molecule has 4 aromatic rings. The number of benzene rings is 3. The molecule has 2 N–H and O–H groups in total. The number of aliphatic carboxylic acids is 1. The van der Waals surface area contributed by atoms with Crippen LogP contribution in [0.15, 0.2) is 91.1 Å². The molecule has 8 heteroatoms. The molecule has 7 nitrogen and oxygen atoms in total. The fourth-order valence-electron chi connectivity index (χ4n) is 4.27. The lowest BCUT2D eigenvalue weighted by atomic mass is 10.0. The van der Waals surface area contributed by atoms with Crippen LogP contribution in [-0.2, 0) is 16.0 Å². The number of phenols is 1. The zero-order valence-corrected chi connectivity index (χ0v) is 19.5. The zero-order valence-electron chi connectivity index (χ0n) is 18.7. The number of phenolic OH excluding ortho intramolecular Hbond substituents is 1. The van der Waals surface area contributed by atoms with Crippen LogP contribution in [0.4, 0.5) is 0 Å². The van der Waals surface area contributed by atoms with Gasteiger partial charge in [-0.25, -0.2) is 9.48 Å². The maximum absolute atomic E-state index is 13.0. The SMILES string of the molecule is O=C(O)C(Cc1ccc(O)cc1)N1C(=O)CSC1c1cn(-c2ccccc2)nc1-c1ccccc1. The van der Waals surface area contributed by atoms with Gasteiger partial charge in [0.2, 0.25) is 5.91 Å². The summed E-state index contributed by atoms with van der Waals surface area (Å²) in [6.45, 7) is 0. The van der Waals surface area contributed by atoms with E-state index in [1.807, 2.05) is 66.9 Å². The van der Waals surface area contributed by atoms with Gasteiger partial charge >= 0.3 is 5.97 Å². The van der Waals surface area contributed by atoms with Crippen molar-refractivity contribution in [2.45, 2.75) is 17.8 Å². The quantitative estimate of drug-likeness (QED) is 0.400. The molecule has 0 spiro atoms. The molecule has 35 heavy (non-hydrogen) atoms. The van der Waals surface area contributed by atoms with Gasteiger partial charge in [-0.2, -0.15) is 5.10 Å². The largest absolute Gasteiger partial charge is 0.508 e. The summed E-state index contributed by atoms with van der Waals surface area (Å²) in [5, 5.41) is 24.1. The minimum Gasteiger partial charge on any atom is -0.508 e. The van der Waals surface area contributed by atoms with Crippen LogP contribution in [0.25, 0.3) is 16.9 Å². The minimum absolute atomic E-state index is 0.104. The number of carbonyl (C=O) groups excluding carboxylic acids is 1. The first-order chi connectivity index (χ1) is 17.0. The zero-order chi connectivity index (χ0) is 24.4. The van der Waals surface area contributed by atoms with Crippen molar-refractivity contribution in [2.24, 2.45) is 0 Å².